The van der Waals surface area contributed by atoms with Gasteiger partial charge in [-0.25, -0.2) is 4.79 Å². The summed E-state index contributed by atoms with van der Waals surface area (Å²) in [6.07, 6.45) is 3.04. The molecule has 0 saturated carbocycles. The number of ketones is 1. The van der Waals surface area contributed by atoms with Crippen LogP contribution in [-0.4, -0.2) is 25.0 Å². The van der Waals surface area contributed by atoms with Crippen molar-refractivity contribution in [3.63, 3.8) is 0 Å². The fourth-order valence-electron chi connectivity index (χ4n) is 2.26. The van der Waals surface area contributed by atoms with Crippen LogP contribution in [0.3, 0.4) is 0 Å². The molecule has 2 heterocycles. The van der Waals surface area contributed by atoms with E-state index in [1.54, 1.807) is 41.7 Å². The molecule has 0 radical (unpaired) electrons. The third kappa shape index (κ3) is 2.94. The molecular formula is C17H15NO3S. The molecular weight excluding hydrogens is 298 g/mol. The predicted molar refractivity (Wildman–Crippen MR) is 87.6 cm³/mol. The maximum Gasteiger partial charge on any atom is 0.414 e. The molecule has 1 aromatic heterocycles. The van der Waals surface area contributed by atoms with Crippen LogP contribution in [0.2, 0.25) is 0 Å². The van der Waals surface area contributed by atoms with Crippen LogP contribution >= 0.6 is 11.3 Å². The number of amides is 1. The fourth-order valence-corrected chi connectivity index (χ4v) is 3.08. The highest BCUT2D eigenvalue weighted by Gasteiger charge is 2.23. The van der Waals surface area contributed by atoms with Crippen molar-refractivity contribution in [1.82, 2.24) is 0 Å². The monoisotopic (exact) mass is 313 g/mol. The summed E-state index contributed by atoms with van der Waals surface area (Å²) in [7, 11) is 0. The van der Waals surface area contributed by atoms with Crippen molar-refractivity contribution in [3.8, 4) is 0 Å². The first-order valence-corrected chi connectivity index (χ1v) is 7.84. The van der Waals surface area contributed by atoms with Crippen LogP contribution in [0.1, 0.15) is 20.8 Å². The first-order valence-electron chi connectivity index (χ1n) is 6.96. The molecule has 1 aliphatic heterocycles. The number of rotatable bonds is 4. The van der Waals surface area contributed by atoms with Crippen LogP contribution in [0, 0.1) is 6.92 Å². The minimum Gasteiger partial charge on any atom is -0.447 e. The van der Waals surface area contributed by atoms with Crippen LogP contribution < -0.4 is 4.90 Å². The summed E-state index contributed by atoms with van der Waals surface area (Å²) in [6.45, 7) is 2.91. The number of thiophene rings is 1. The number of aryl methyl sites for hydroxylation is 1. The third-order valence-corrected chi connectivity index (χ3v) is 4.48. The van der Waals surface area contributed by atoms with E-state index in [4.69, 9.17) is 4.74 Å². The van der Waals surface area contributed by atoms with E-state index < -0.39 is 0 Å². The summed E-state index contributed by atoms with van der Waals surface area (Å²) in [4.78, 5) is 26.5. The summed E-state index contributed by atoms with van der Waals surface area (Å²) < 4.78 is 4.92. The number of carbonyl (C=O) groups is 2. The van der Waals surface area contributed by atoms with E-state index in [0.29, 0.717) is 24.4 Å². The van der Waals surface area contributed by atoms with Crippen molar-refractivity contribution in [3.05, 3.63) is 57.8 Å². The lowest BCUT2D eigenvalue weighted by atomic mass is 10.1. The topological polar surface area (TPSA) is 46.6 Å². The number of nitrogens with zero attached hydrogens (tertiary/aromatic N) is 1. The van der Waals surface area contributed by atoms with Gasteiger partial charge in [0.2, 0.25) is 0 Å². The zero-order valence-electron chi connectivity index (χ0n) is 12.1. The highest BCUT2D eigenvalue weighted by molar-refractivity contribution is 7.11. The molecule has 0 unspecified atom stereocenters. The second-order valence-electron chi connectivity index (χ2n) is 4.98. The Bertz CT molecular complexity index is 748. The van der Waals surface area contributed by atoms with Gasteiger partial charge in [0.25, 0.3) is 0 Å². The van der Waals surface area contributed by atoms with Crippen molar-refractivity contribution in [2.24, 2.45) is 0 Å². The molecule has 0 atom stereocenters. The molecule has 1 aromatic carbocycles. The Labute approximate surface area is 132 Å². The van der Waals surface area contributed by atoms with Gasteiger partial charge < -0.3 is 4.74 Å². The van der Waals surface area contributed by atoms with Gasteiger partial charge in [-0.15, -0.1) is 11.3 Å². The number of hydrogen-bond donors (Lipinski definition) is 0. The molecule has 1 saturated heterocycles. The number of cyclic esters (lactones) is 1. The molecule has 0 spiro atoms. The van der Waals surface area contributed by atoms with E-state index >= 15 is 0 Å². The van der Waals surface area contributed by atoms with Crippen molar-refractivity contribution in [2.75, 3.05) is 18.1 Å². The summed E-state index contributed by atoms with van der Waals surface area (Å²) in [5, 5.41) is 2.00. The van der Waals surface area contributed by atoms with Gasteiger partial charge >= 0.3 is 6.09 Å². The summed E-state index contributed by atoms with van der Waals surface area (Å²) in [5.74, 6) is -0.0813. The Hall–Kier alpha value is -2.40. The molecule has 1 aliphatic rings. The molecule has 4 nitrogen and oxygen atoms in total. The molecule has 0 aliphatic carbocycles. The first-order chi connectivity index (χ1) is 10.6. The van der Waals surface area contributed by atoms with Gasteiger partial charge in [0, 0.05) is 16.1 Å². The predicted octanol–water partition coefficient (Wildman–Crippen LogP) is 3.91. The Kier molecular flexibility index (Phi) is 4.06. The van der Waals surface area contributed by atoms with Crippen molar-refractivity contribution in [1.29, 1.82) is 0 Å². The minimum atomic E-state index is -0.366. The van der Waals surface area contributed by atoms with Gasteiger partial charge in [-0.1, -0.05) is 12.1 Å². The number of hydrogen-bond acceptors (Lipinski definition) is 4. The van der Waals surface area contributed by atoms with Crippen LogP contribution in [0.4, 0.5) is 10.5 Å². The second-order valence-corrected chi connectivity index (χ2v) is 5.93. The van der Waals surface area contributed by atoms with Crippen LogP contribution in [0.25, 0.3) is 6.08 Å². The zero-order valence-corrected chi connectivity index (χ0v) is 12.9. The fraction of sp³-hybridized carbons (Fsp3) is 0.176. The second kappa shape index (κ2) is 6.15. The molecule has 22 heavy (non-hydrogen) atoms. The number of carbonyl (C=O) groups excluding carboxylic acids is 2. The zero-order chi connectivity index (χ0) is 15.5. The standard InChI is InChI=1S/C17H15NO3S/c1-12-7-10-22-16(12)6-5-15(19)13-3-2-4-14(11-13)18-8-9-21-17(18)20/h2-7,10-11H,8-9H2,1H3/b6-5+. The lowest BCUT2D eigenvalue weighted by molar-refractivity contribution is 0.104. The van der Waals surface area contributed by atoms with E-state index in [2.05, 4.69) is 0 Å². The molecule has 3 rings (SSSR count). The van der Waals surface area contributed by atoms with Crippen molar-refractivity contribution < 1.29 is 14.3 Å². The van der Waals surface area contributed by atoms with Crippen LogP contribution in [0.5, 0.6) is 0 Å². The largest absolute Gasteiger partial charge is 0.447 e. The summed E-state index contributed by atoms with van der Waals surface area (Å²) in [6, 6.07) is 9.07. The molecule has 1 fully saturated rings. The maximum absolute atomic E-state index is 12.3. The molecule has 1 amide bonds. The van der Waals surface area contributed by atoms with Gasteiger partial charge in [0.05, 0.1) is 6.54 Å². The number of allylic oxidation sites excluding steroid dienone is 1. The summed E-state index contributed by atoms with van der Waals surface area (Å²) >= 11 is 1.60. The van der Waals surface area contributed by atoms with E-state index in [1.807, 2.05) is 24.4 Å². The van der Waals surface area contributed by atoms with E-state index in [1.165, 1.54) is 4.90 Å². The SMILES string of the molecule is Cc1ccsc1/C=C/C(=O)c1cccc(N2CCOC2=O)c1. The Morgan fingerprint density at radius 1 is 1.36 bits per heavy atom. The maximum atomic E-state index is 12.3. The van der Waals surface area contributed by atoms with E-state index in [9.17, 15) is 9.59 Å². The van der Waals surface area contributed by atoms with Gasteiger partial charge in [-0.3, -0.25) is 9.69 Å². The van der Waals surface area contributed by atoms with E-state index in [0.717, 1.165) is 10.4 Å². The Balaban J connectivity index is 1.80. The van der Waals surface area contributed by atoms with E-state index in [-0.39, 0.29) is 11.9 Å². The quantitative estimate of drug-likeness (QED) is 0.635. The lowest BCUT2D eigenvalue weighted by Gasteiger charge is -2.13. The summed E-state index contributed by atoms with van der Waals surface area (Å²) in [5.41, 5.74) is 2.40. The minimum absolute atomic E-state index is 0.0813. The number of anilines is 1. The number of ether oxygens (including phenoxy) is 1. The lowest BCUT2D eigenvalue weighted by Crippen LogP contribution is -2.23. The third-order valence-electron chi connectivity index (χ3n) is 3.49. The van der Waals surface area contributed by atoms with Gasteiger partial charge in [0.15, 0.2) is 5.78 Å². The average molecular weight is 313 g/mol. The van der Waals surface area contributed by atoms with Crippen LogP contribution in [0.15, 0.2) is 41.8 Å². The molecule has 2 aromatic rings. The molecule has 112 valence electrons. The van der Waals surface area contributed by atoms with Gasteiger partial charge in [-0.2, -0.15) is 0 Å². The van der Waals surface area contributed by atoms with Gasteiger partial charge in [-0.05, 0) is 48.2 Å². The molecule has 0 bridgehead atoms. The average Bonchev–Trinajstić information content (AvgIpc) is 3.13. The molecule has 0 N–H and O–H groups in total. The molecule has 5 heteroatoms. The highest BCUT2D eigenvalue weighted by Crippen LogP contribution is 2.21. The van der Waals surface area contributed by atoms with Crippen LogP contribution in [-0.2, 0) is 4.74 Å². The first kappa shape index (κ1) is 14.5. The Morgan fingerprint density at radius 3 is 2.91 bits per heavy atom. The Morgan fingerprint density at radius 2 is 2.23 bits per heavy atom. The smallest absolute Gasteiger partial charge is 0.414 e. The normalized spacial score (nSPS) is 14.6. The van der Waals surface area contributed by atoms with Crippen molar-refractivity contribution >= 4 is 35.0 Å². The highest BCUT2D eigenvalue weighted by atomic mass is 32.1. The van der Waals surface area contributed by atoms with Gasteiger partial charge in [0.1, 0.15) is 6.61 Å². The van der Waals surface area contributed by atoms with Crippen molar-refractivity contribution in [2.45, 2.75) is 6.92 Å². The number of benzene rings is 1.